The minimum absolute atomic E-state index is 0.185. The number of aromatic nitrogens is 3. The maximum absolute atomic E-state index is 13.0. The molecule has 2 aromatic heterocycles. The molecule has 0 aliphatic carbocycles. The second-order valence-corrected chi connectivity index (χ2v) is 3.97. The average Bonchev–Trinajstić information content (AvgIpc) is 2.98. The highest BCUT2D eigenvalue weighted by Gasteiger charge is 2.29. The Balaban J connectivity index is 1.84. The van der Waals surface area contributed by atoms with E-state index in [9.17, 15) is 4.39 Å². The van der Waals surface area contributed by atoms with Gasteiger partial charge in [0.15, 0.2) is 0 Å². The van der Waals surface area contributed by atoms with Crippen LogP contribution in [0.4, 0.5) is 4.39 Å². The fourth-order valence-electron chi connectivity index (χ4n) is 1.86. The van der Waals surface area contributed by atoms with Crippen LogP contribution >= 0.6 is 0 Å². The Morgan fingerprint density at radius 1 is 1.41 bits per heavy atom. The van der Waals surface area contributed by atoms with E-state index in [4.69, 9.17) is 4.52 Å². The highest BCUT2D eigenvalue weighted by atomic mass is 19.1. The van der Waals surface area contributed by atoms with E-state index in [0.29, 0.717) is 30.4 Å². The van der Waals surface area contributed by atoms with Crippen molar-refractivity contribution >= 4 is 0 Å². The molecule has 1 aliphatic rings. The van der Waals surface area contributed by atoms with Crippen molar-refractivity contribution in [2.24, 2.45) is 0 Å². The number of rotatable bonds is 2. The monoisotopic (exact) mass is 234 g/mol. The molecule has 5 nitrogen and oxygen atoms in total. The summed E-state index contributed by atoms with van der Waals surface area (Å²) in [6.07, 6.45) is 1.20. The van der Waals surface area contributed by atoms with Gasteiger partial charge in [-0.05, 0) is 12.1 Å². The van der Waals surface area contributed by atoms with Gasteiger partial charge in [-0.3, -0.25) is 4.98 Å². The zero-order chi connectivity index (χ0) is 11.7. The highest BCUT2D eigenvalue weighted by molar-refractivity contribution is 5.47. The van der Waals surface area contributed by atoms with Crippen molar-refractivity contribution in [1.82, 2.24) is 20.4 Å². The van der Waals surface area contributed by atoms with Crippen molar-refractivity contribution in [3.05, 3.63) is 30.3 Å². The number of pyridine rings is 1. The molecule has 17 heavy (non-hydrogen) atoms. The van der Waals surface area contributed by atoms with E-state index < -0.39 is 6.17 Å². The van der Waals surface area contributed by atoms with Crippen LogP contribution in [0.1, 0.15) is 18.4 Å². The van der Waals surface area contributed by atoms with Crippen molar-refractivity contribution in [3.8, 4) is 11.5 Å². The third-order valence-corrected chi connectivity index (χ3v) is 2.71. The van der Waals surface area contributed by atoms with Crippen LogP contribution in [0.15, 0.2) is 28.9 Å². The van der Waals surface area contributed by atoms with E-state index >= 15 is 0 Å². The molecule has 0 saturated carbocycles. The van der Waals surface area contributed by atoms with Crippen molar-refractivity contribution in [2.45, 2.75) is 18.6 Å². The van der Waals surface area contributed by atoms with Gasteiger partial charge in [0.2, 0.25) is 11.7 Å². The summed E-state index contributed by atoms with van der Waals surface area (Å²) in [5.41, 5.74) is 0.650. The molecule has 0 unspecified atom stereocenters. The van der Waals surface area contributed by atoms with Crippen molar-refractivity contribution in [1.29, 1.82) is 0 Å². The summed E-state index contributed by atoms with van der Waals surface area (Å²) in [4.78, 5) is 8.35. The number of nitrogens with one attached hydrogen (secondary N) is 1. The number of hydrogen-bond acceptors (Lipinski definition) is 5. The maximum Gasteiger partial charge on any atom is 0.244 e. The number of alkyl halides is 1. The predicted octanol–water partition coefficient (Wildman–Crippen LogP) is 1.50. The quantitative estimate of drug-likeness (QED) is 0.853. The van der Waals surface area contributed by atoms with E-state index in [1.54, 1.807) is 12.3 Å². The second-order valence-electron chi connectivity index (χ2n) is 3.97. The van der Waals surface area contributed by atoms with Gasteiger partial charge in [-0.15, -0.1) is 0 Å². The zero-order valence-corrected chi connectivity index (χ0v) is 9.01. The molecule has 1 saturated heterocycles. The zero-order valence-electron chi connectivity index (χ0n) is 9.01. The van der Waals surface area contributed by atoms with Crippen molar-refractivity contribution < 1.29 is 8.91 Å². The molecular weight excluding hydrogens is 223 g/mol. The second kappa shape index (κ2) is 4.21. The summed E-state index contributed by atoms with van der Waals surface area (Å²) in [5.74, 6) is 0.857. The van der Waals surface area contributed by atoms with Gasteiger partial charge in [0.1, 0.15) is 11.9 Å². The number of nitrogens with zero attached hydrogens (tertiary/aromatic N) is 3. The lowest BCUT2D eigenvalue weighted by Crippen LogP contribution is -2.14. The Bertz CT molecular complexity index is 501. The lowest BCUT2D eigenvalue weighted by Gasteiger charge is -2.00. The summed E-state index contributed by atoms with van der Waals surface area (Å²) in [7, 11) is 0. The van der Waals surface area contributed by atoms with Gasteiger partial charge < -0.3 is 9.84 Å². The summed E-state index contributed by atoms with van der Waals surface area (Å²) in [6, 6.07) is 5.28. The Morgan fingerprint density at radius 3 is 3.06 bits per heavy atom. The fourth-order valence-corrected chi connectivity index (χ4v) is 1.86. The van der Waals surface area contributed by atoms with Gasteiger partial charge in [-0.1, -0.05) is 11.2 Å². The van der Waals surface area contributed by atoms with E-state index in [-0.39, 0.29) is 6.04 Å². The largest absolute Gasteiger partial charge is 0.337 e. The summed E-state index contributed by atoms with van der Waals surface area (Å²) < 4.78 is 18.1. The summed E-state index contributed by atoms with van der Waals surface area (Å²) in [6.45, 7) is 0.339. The van der Waals surface area contributed by atoms with Gasteiger partial charge in [-0.25, -0.2) is 4.39 Å². The average molecular weight is 234 g/mol. The Hall–Kier alpha value is -1.82. The molecule has 0 spiro atoms. The topological polar surface area (TPSA) is 63.8 Å². The van der Waals surface area contributed by atoms with Crippen LogP contribution < -0.4 is 5.32 Å². The first-order valence-electron chi connectivity index (χ1n) is 5.45. The van der Waals surface area contributed by atoms with Gasteiger partial charge in [0, 0.05) is 19.2 Å². The molecule has 2 atom stereocenters. The Morgan fingerprint density at radius 2 is 2.35 bits per heavy atom. The minimum atomic E-state index is -0.842. The van der Waals surface area contributed by atoms with Crippen LogP contribution in [0.3, 0.4) is 0 Å². The lowest BCUT2D eigenvalue weighted by molar-refractivity contribution is 0.324. The van der Waals surface area contributed by atoms with E-state index in [1.165, 1.54) is 0 Å². The van der Waals surface area contributed by atoms with E-state index in [1.807, 2.05) is 12.1 Å². The Kier molecular flexibility index (Phi) is 2.56. The molecule has 0 aromatic carbocycles. The van der Waals surface area contributed by atoms with Crippen LogP contribution in [-0.2, 0) is 0 Å². The van der Waals surface area contributed by atoms with Gasteiger partial charge in [-0.2, -0.15) is 4.98 Å². The standard InChI is InChI=1S/C11H11FN4O/c12-7-5-9(14-6-7)11-15-10(16-17-11)8-3-1-2-4-13-8/h1-4,7,9,14H,5-6H2/t7-,9-/m0/s1. The first-order chi connectivity index (χ1) is 8.33. The number of halogens is 1. The van der Waals surface area contributed by atoms with Crippen LogP contribution in [0, 0.1) is 0 Å². The molecule has 0 amide bonds. The van der Waals surface area contributed by atoms with Crippen molar-refractivity contribution in [2.75, 3.05) is 6.54 Å². The van der Waals surface area contributed by atoms with Gasteiger partial charge >= 0.3 is 0 Å². The maximum atomic E-state index is 13.0. The predicted molar refractivity (Wildman–Crippen MR) is 57.8 cm³/mol. The molecular formula is C11H11FN4O. The van der Waals surface area contributed by atoms with E-state index in [2.05, 4.69) is 20.4 Å². The number of hydrogen-bond donors (Lipinski definition) is 1. The lowest BCUT2D eigenvalue weighted by atomic mass is 10.2. The van der Waals surface area contributed by atoms with Gasteiger partial charge in [0.05, 0.1) is 6.04 Å². The highest BCUT2D eigenvalue weighted by Crippen LogP contribution is 2.25. The smallest absolute Gasteiger partial charge is 0.244 e. The normalized spacial score (nSPS) is 24.1. The van der Waals surface area contributed by atoms with Crippen molar-refractivity contribution in [3.63, 3.8) is 0 Å². The Labute approximate surface area is 97.1 Å². The molecule has 1 N–H and O–H groups in total. The van der Waals surface area contributed by atoms with Crippen LogP contribution in [0.2, 0.25) is 0 Å². The fraction of sp³-hybridized carbons (Fsp3) is 0.364. The molecule has 2 aromatic rings. The van der Waals surface area contributed by atoms with E-state index in [0.717, 1.165) is 0 Å². The molecule has 0 bridgehead atoms. The molecule has 1 aliphatic heterocycles. The van der Waals surface area contributed by atoms with Gasteiger partial charge in [0.25, 0.3) is 0 Å². The third-order valence-electron chi connectivity index (χ3n) is 2.71. The molecule has 6 heteroatoms. The third kappa shape index (κ3) is 2.03. The summed E-state index contributed by atoms with van der Waals surface area (Å²) >= 11 is 0. The molecule has 88 valence electrons. The molecule has 1 fully saturated rings. The minimum Gasteiger partial charge on any atom is -0.337 e. The SMILES string of the molecule is F[C@@H]1CN[C@H](c2nc(-c3ccccn3)no2)C1. The molecule has 3 rings (SSSR count). The summed E-state index contributed by atoms with van der Waals surface area (Å²) in [5, 5.41) is 6.84. The van der Waals surface area contributed by atoms with Crippen LogP contribution in [0.5, 0.6) is 0 Å². The van der Waals surface area contributed by atoms with Crippen LogP contribution in [0.25, 0.3) is 11.5 Å². The first-order valence-corrected chi connectivity index (χ1v) is 5.45. The van der Waals surface area contributed by atoms with Crippen LogP contribution in [-0.4, -0.2) is 27.8 Å². The first kappa shape index (κ1) is 10.3. The molecule has 0 radical (unpaired) electrons. The molecule has 3 heterocycles.